The molecule has 2 aromatic carbocycles. The summed E-state index contributed by atoms with van der Waals surface area (Å²) >= 11 is 0. The van der Waals surface area contributed by atoms with E-state index in [1.807, 2.05) is 38.4 Å². The Morgan fingerprint density at radius 1 is 0.553 bits per heavy atom. The molecule has 4 aliphatic heterocycles. The summed E-state index contributed by atoms with van der Waals surface area (Å²) in [6.45, 7) is 17.3. The molecule has 0 radical (unpaired) electrons. The van der Waals surface area contributed by atoms with Gasteiger partial charge >= 0.3 is 0 Å². The van der Waals surface area contributed by atoms with Gasteiger partial charge in [-0.3, -0.25) is 19.4 Å². The molecule has 4 heteroatoms. The smallest absolute Gasteiger partial charge is 0.263 e. The van der Waals surface area contributed by atoms with Crippen LogP contribution in [-0.4, -0.2) is 21.6 Å². The molecule has 4 aliphatic rings. The van der Waals surface area contributed by atoms with E-state index in [0.717, 1.165) is 44.8 Å². The summed E-state index contributed by atoms with van der Waals surface area (Å²) in [7, 11) is 0. The number of rotatable bonds is 0. The molecular weight excluding hydrogens is 468 g/mol. The molecule has 0 atom stereocenters. The lowest BCUT2D eigenvalue weighted by atomic mass is 9.83. The zero-order valence-electron chi connectivity index (χ0n) is 23.5. The zero-order chi connectivity index (χ0) is 27.3. The highest BCUT2D eigenvalue weighted by Gasteiger charge is 2.40. The molecule has 0 fully saturated rings. The minimum Gasteiger partial charge on any atom is -0.283 e. The number of allylic oxidation sites excluding steroid dienone is 2. The standard InChI is InChI=1S/C34H34N2O2/c1-19-17-35-29(23-11-9-21(13-25(19)23)33(3,4)5)15-27(31(35)37)28-16-30-24-12-10-22(34(6,7)8)14-26(24)20(2)18-36(30)32(28)38/h9-18H,1-8H3/b28-27-. The molecule has 0 N–H and O–H groups in total. The number of nitrogens with zero attached hydrogens (tertiary/aromatic N) is 2. The molecule has 192 valence electrons. The fraction of sp³-hybridized carbons (Fsp3) is 0.294. The molecule has 0 bridgehead atoms. The van der Waals surface area contributed by atoms with Gasteiger partial charge in [0.25, 0.3) is 11.8 Å². The average Bonchev–Trinajstić information content (AvgIpc) is 3.34. The third-order valence-electron chi connectivity index (χ3n) is 8.09. The average molecular weight is 503 g/mol. The van der Waals surface area contributed by atoms with Gasteiger partial charge in [0, 0.05) is 23.5 Å². The summed E-state index contributed by atoms with van der Waals surface area (Å²) in [6, 6.07) is 13.0. The molecule has 4 nitrogen and oxygen atoms in total. The SMILES string of the molecule is CC1=CN2C(=O)/C(=C3/C=C4c5ccc(C(C)(C)C)cc5C(C)=CN4C3=O)C=C2c2ccc(C(C)(C)C)cc21. The summed E-state index contributed by atoms with van der Waals surface area (Å²) in [5.41, 5.74) is 11.5. The normalized spacial score (nSPS) is 20.4. The van der Waals surface area contributed by atoms with Gasteiger partial charge in [0.1, 0.15) is 0 Å². The number of fused-ring (bicyclic) bond motifs is 6. The van der Waals surface area contributed by atoms with Crippen molar-refractivity contribution >= 4 is 34.4 Å². The molecule has 0 spiro atoms. The van der Waals surface area contributed by atoms with E-state index in [1.54, 1.807) is 9.80 Å². The fourth-order valence-corrected chi connectivity index (χ4v) is 5.72. The van der Waals surface area contributed by atoms with Gasteiger partial charge in [-0.15, -0.1) is 0 Å². The van der Waals surface area contributed by atoms with Gasteiger partial charge < -0.3 is 0 Å². The van der Waals surface area contributed by atoms with Gasteiger partial charge in [-0.25, -0.2) is 0 Å². The van der Waals surface area contributed by atoms with Crippen molar-refractivity contribution in [2.75, 3.05) is 0 Å². The van der Waals surface area contributed by atoms with Gasteiger partial charge in [0.2, 0.25) is 0 Å². The Morgan fingerprint density at radius 3 is 1.26 bits per heavy atom. The second-order valence-corrected chi connectivity index (χ2v) is 12.9. The van der Waals surface area contributed by atoms with Crippen LogP contribution in [0.2, 0.25) is 0 Å². The molecule has 0 unspecified atom stereocenters. The van der Waals surface area contributed by atoms with E-state index in [-0.39, 0.29) is 22.6 Å². The van der Waals surface area contributed by atoms with E-state index >= 15 is 0 Å². The second kappa shape index (κ2) is 7.80. The van der Waals surface area contributed by atoms with Crippen molar-refractivity contribution in [3.63, 3.8) is 0 Å². The Kier molecular flexibility index (Phi) is 5.01. The van der Waals surface area contributed by atoms with Crippen LogP contribution in [0.4, 0.5) is 0 Å². The Balaban J connectivity index is 1.48. The highest BCUT2D eigenvalue weighted by Crippen LogP contribution is 2.45. The Bertz CT molecular complexity index is 1510. The predicted octanol–water partition coefficient (Wildman–Crippen LogP) is 7.39. The second-order valence-electron chi connectivity index (χ2n) is 12.9. The summed E-state index contributed by atoms with van der Waals surface area (Å²) in [4.78, 5) is 30.8. The maximum atomic E-state index is 13.7. The van der Waals surface area contributed by atoms with Gasteiger partial charge in [-0.1, -0.05) is 77.9 Å². The fourth-order valence-electron chi connectivity index (χ4n) is 5.72. The first-order chi connectivity index (χ1) is 17.8. The van der Waals surface area contributed by atoms with Crippen molar-refractivity contribution in [3.8, 4) is 0 Å². The minimum atomic E-state index is -0.158. The van der Waals surface area contributed by atoms with Crippen LogP contribution in [0.5, 0.6) is 0 Å². The van der Waals surface area contributed by atoms with E-state index in [0.29, 0.717) is 11.1 Å². The molecular formula is C34H34N2O2. The van der Waals surface area contributed by atoms with Crippen LogP contribution in [0.3, 0.4) is 0 Å². The largest absolute Gasteiger partial charge is 0.283 e. The topological polar surface area (TPSA) is 40.6 Å². The van der Waals surface area contributed by atoms with E-state index in [2.05, 4.69) is 77.9 Å². The number of hydrogen-bond acceptors (Lipinski definition) is 2. The lowest BCUT2D eigenvalue weighted by molar-refractivity contribution is -0.123. The number of hydrogen-bond donors (Lipinski definition) is 0. The van der Waals surface area contributed by atoms with Gasteiger partial charge in [-0.2, -0.15) is 0 Å². The van der Waals surface area contributed by atoms with Crippen LogP contribution < -0.4 is 0 Å². The van der Waals surface area contributed by atoms with E-state index in [9.17, 15) is 9.59 Å². The van der Waals surface area contributed by atoms with Crippen LogP contribution in [0.25, 0.3) is 22.5 Å². The number of carbonyl (C=O) groups excluding carboxylic acids is 2. The Hall–Kier alpha value is -3.92. The quantitative estimate of drug-likeness (QED) is 0.352. The van der Waals surface area contributed by atoms with Crippen LogP contribution in [0.1, 0.15) is 88.8 Å². The molecule has 2 aromatic rings. The third kappa shape index (κ3) is 3.50. The summed E-state index contributed by atoms with van der Waals surface area (Å²) < 4.78 is 0. The first-order valence-electron chi connectivity index (χ1n) is 13.3. The first-order valence-corrected chi connectivity index (χ1v) is 13.3. The molecule has 6 rings (SSSR count). The van der Waals surface area contributed by atoms with Crippen molar-refractivity contribution in [1.29, 1.82) is 0 Å². The van der Waals surface area contributed by atoms with Crippen LogP contribution in [0, 0.1) is 0 Å². The number of amides is 2. The van der Waals surface area contributed by atoms with Gasteiger partial charge in [0.05, 0.1) is 22.5 Å². The third-order valence-corrected chi connectivity index (χ3v) is 8.09. The van der Waals surface area contributed by atoms with E-state index < -0.39 is 0 Å². The Morgan fingerprint density at radius 2 is 0.921 bits per heavy atom. The van der Waals surface area contributed by atoms with Crippen LogP contribution in [0.15, 0.2) is 72.1 Å². The molecule has 0 aliphatic carbocycles. The summed E-state index contributed by atoms with van der Waals surface area (Å²) in [5.74, 6) is -0.317. The zero-order valence-corrected chi connectivity index (χ0v) is 23.5. The lowest BCUT2D eigenvalue weighted by Crippen LogP contribution is -2.26. The van der Waals surface area contributed by atoms with Crippen LogP contribution in [-0.2, 0) is 20.4 Å². The maximum absolute atomic E-state index is 13.7. The lowest BCUT2D eigenvalue weighted by Gasteiger charge is -2.28. The monoisotopic (exact) mass is 502 g/mol. The predicted molar refractivity (Wildman–Crippen MR) is 154 cm³/mol. The van der Waals surface area contributed by atoms with Crippen LogP contribution >= 0.6 is 0 Å². The van der Waals surface area contributed by atoms with Crippen molar-refractivity contribution in [3.05, 3.63) is 105 Å². The highest BCUT2D eigenvalue weighted by molar-refractivity contribution is 6.20. The Labute approximate surface area is 225 Å². The molecule has 0 saturated carbocycles. The van der Waals surface area contributed by atoms with Crippen molar-refractivity contribution in [2.24, 2.45) is 0 Å². The summed E-state index contributed by atoms with van der Waals surface area (Å²) in [5, 5.41) is 0. The van der Waals surface area contributed by atoms with E-state index in [4.69, 9.17) is 0 Å². The van der Waals surface area contributed by atoms with Gasteiger partial charge in [-0.05, 0) is 70.2 Å². The molecule has 0 saturated heterocycles. The molecule has 4 heterocycles. The highest BCUT2D eigenvalue weighted by atomic mass is 16.2. The van der Waals surface area contributed by atoms with Crippen molar-refractivity contribution < 1.29 is 9.59 Å². The van der Waals surface area contributed by atoms with Crippen molar-refractivity contribution in [2.45, 2.75) is 66.2 Å². The first kappa shape index (κ1) is 24.4. The number of carbonyl (C=O) groups is 2. The molecule has 38 heavy (non-hydrogen) atoms. The van der Waals surface area contributed by atoms with Crippen molar-refractivity contribution in [1.82, 2.24) is 9.80 Å². The number of benzene rings is 2. The van der Waals surface area contributed by atoms with E-state index in [1.165, 1.54) is 11.1 Å². The van der Waals surface area contributed by atoms with Gasteiger partial charge in [0.15, 0.2) is 0 Å². The minimum absolute atomic E-state index is 0.0300. The molecule has 0 aromatic heterocycles. The maximum Gasteiger partial charge on any atom is 0.263 e. The summed E-state index contributed by atoms with van der Waals surface area (Å²) in [6.07, 6.45) is 7.60. The molecule has 2 amide bonds.